The van der Waals surface area contributed by atoms with Crippen LogP contribution in [0.2, 0.25) is 0 Å². The predicted octanol–water partition coefficient (Wildman–Crippen LogP) is 2.72. The Morgan fingerprint density at radius 3 is 1.84 bits per heavy atom. The summed E-state index contributed by atoms with van der Waals surface area (Å²) in [6.45, 7) is 1.41. The molecule has 8 heteroatoms. The second kappa shape index (κ2) is 7.43. The van der Waals surface area contributed by atoms with Gasteiger partial charge in [0.25, 0.3) is 10.0 Å². The maximum Gasteiger partial charge on any atom is 0.261 e. The maximum atomic E-state index is 12.5. The van der Waals surface area contributed by atoms with Crippen molar-refractivity contribution in [3.05, 3.63) is 42.0 Å². The lowest BCUT2D eigenvalue weighted by molar-refractivity contribution is 0.101. The van der Waals surface area contributed by atoms with E-state index in [0.717, 1.165) is 0 Å². The zero-order valence-corrected chi connectivity index (χ0v) is 15.1. The number of ketones is 1. The Morgan fingerprint density at radius 1 is 0.920 bits per heavy atom. The first-order valence-electron chi connectivity index (χ1n) is 7.26. The van der Waals surface area contributed by atoms with E-state index in [1.165, 1.54) is 64.7 Å². The Kier molecular flexibility index (Phi) is 5.53. The van der Waals surface area contributed by atoms with E-state index < -0.39 is 10.0 Å². The highest BCUT2D eigenvalue weighted by Gasteiger charge is 2.18. The molecule has 0 bridgehead atoms. The van der Waals surface area contributed by atoms with Crippen molar-refractivity contribution in [3.63, 3.8) is 0 Å². The van der Waals surface area contributed by atoms with E-state index in [-0.39, 0.29) is 16.4 Å². The third kappa shape index (κ3) is 4.03. The second-order valence-electron chi connectivity index (χ2n) is 5.10. The van der Waals surface area contributed by atoms with E-state index in [2.05, 4.69) is 4.72 Å². The van der Waals surface area contributed by atoms with Crippen molar-refractivity contribution in [1.29, 1.82) is 0 Å². The predicted molar refractivity (Wildman–Crippen MR) is 93.4 cm³/mol. The van der Waals surface area contributed by atoms with Gasteiger partial charge in [0, 0.05) is 17.7 Å². The highest BCUT2D eigenvalue weighted by atomic mass is 32.2. The molecule has 0 aliphatic carbocycles. The molecule has 0 heterocycles. The molecule has 2 aromatic rings. The number of Topliss-reactive ketones (excluding diaryl/α,β-unsaturated/α-hetero) is 1. The first-order chi connectivity index (χ1) is 11.8. The average Bonchev–Trinajstić information content (AvgIpc) is 2.60. The van der Waals surface area contributed by atoms with Crippen LogP contribution in [0.3, 0.4) is 0 Å². The summed E-state index contributed by atoms with van der Waals surface area (Å²) < 4.78 is 43.1. The van der Waals surface area contributed by atoms with Gasteiger partial charge in [-0.3, -0.25) is 9.52 Å². The van der Waals surface area contributed by atoms with Crippen molar-refractivity contribution in [3.8, 4) is 17.2 Å². The number of anilines is 1. The van der Waals surface area contributed by atoms with Gasteiger partial charge in [0.2, 0.25) is 5.75 Å². The number of rotatable bonds is 7. The van der Waals surface area contributed by atoms with Gasteiger partial charge in [0.1, 0.15) is 0 Å². The molecule has 0 amide bonds. The number of ether oxygens (including phenoxy) is 3. The molecule has 2 aromatic carbocycles. The fourth-order valence-electron chi connectivity index (χ4n) is 2.22. The average molecular weight is 365 g/mol. The van der Waals surface area contributed by atoms with Crippen LogP contribution in [0.15, 0.2) is 41.3 Å². The van der Waals surface area contributed by atoms with Crippen LogP contribution in [0.25, 0.3) is 0 Å². The summed E-state index contributed by atoms with van der Waals surface area (Å²) in [7, 11) is 0.502. The van der Waals surface area contributed by atoms with Crippen molar-refractivity contribution < 1.29 is 27.4 Å². The SMILES string of the molecule is COc1cc(NS(=O)(=O)c2ccc(C(C)=O)cc2)cc(OC)c1OC. The Labute approximate surface area is 146 Å². The Balaban J connectivity index is 2.38. The van der Waals surface area contributed by atoms with Crippen molar-refractivity contribution in [2.24, 2.45) is 0 Å². The van der Waals surface area contributed by atoms with Crippen LogP contribution < -0.4 is 18.9 Å². The molecule has 0 aliphatic heterocycles. The Hall–Kier alpha value is -2.74. The lowest BCUT2D eigenvalue weighted by Gasteiger charge is -2.15. The summed E-state index contributed by atoms with van der Waals surface area (Å²) in [5.74, 6) is 0.873. The number of carbonyl (C=O) groups excluding carboxylic acids is 1. The number of hydrogen-bond acceptors (Lipinski definition) is 6. The molecular weight excluding hydrogens is 346 g/mol. The van der Waals surface area contributed by atoms with E-state index in [9.17, 15) is 13.2 Å². The number of methoxy groups -OCH3 is 3. The van der Waals surface area contributed by atoms with E-state index >= 15 is 0 Å². The van der Waals surface area contributed by atoms with Gasteiger partial charge in [-0.25, -0.2) is 8.42 Å². The zero-order valence-electron chi connectivity index (χ0n) is 14.3. The van der Waals surface area contributed by atoms with Crippen molar-refractivity contribution in [1.82, 2.24) is 0 Å². The lowest BCUT2D eigenvalue weighted by Crippen LogP contribution is -2.13. The Bertz CT molecular complexity index is 850. The molecule has 0 atom stereocenters. The van der Waals surface area contributed by atoms with E-state index in [1.54, 1.807) is 0 Å². The molecule has 1 N–H and O–H groups in total. The van der Waals surface area contributed by atoms with Crippen molar-refractivity contribution >= 4 is 21.5 Å². The summed E-state index contributed by atoms with van der Waals surface area (Å²) in [6.07, 6.45) is 0. The molecule has 0 saturated carbocycles. The van der Waals surface area contributed by atoms with Gasteiger partial charge in [-0.2, -0.15) is 0 Å². The molecule has 134 valence electrons. The molecule has 0 saturated heterocycles. The summed E-state index contributed by atoms with van der Waals surface area (Å²) in [4.78, 5) is 11.3. The summed E-state index contributed by atoms with van der Waals surface area (Å²) >= 11 is 0. The van der Waals surface area contributed by atoms with E-state index in [0.29, 0.717) is 22.8 Å². The van der Waals surface area contributed by atoms with Crippen LogP contribution in [-0.4, -0.2) is 35.5 Å². The fourth-order valence-corrected chi connectivity index (χ4v) is 3.26. The molecule has 25 heavy (non-hydrogen) atoms. The minimum absolute atomic E-state index is 0.0336. The molecule has 0 unspecified atom stereocenters. The molecule has 0 aliphatic rings. The van der Waals surface area contributed by atoms with Gasteiger partial charge >= 0.3 is 0 Å². The number of nitrogens with one attached hydrogen (secondary N) is 1. The van der Waals surface area contributed by atoms with Gasteiger partial charge < -0.3 is 14.2 Å². The fraction of sp³-hybridized carbons (Fsp3) is 0.235. The third-order valence-corrected chi connectivity index (χ3v) is 4.89. The number of benzene rings is 2. The molecule has 2 rings (SSSR count). The summed E-state index contributed by atoms with van der Waals surface area (Å²) in [6, 6.07) is 8.65. The van der Waals surface area contributed by atoms with Gasteiger partial charge in [-0.1, -0.05) is 12.1 Å². The van der Waals surface area contributed by atoms with Crippen molar-refractivity contribution in [2.75, 3.05) is 26.1 Å². The molecule has 0 radical (unpaired) electrons. The number of carbonyl (C=O) groups is 1. The van der Waals surface area contributed by atoms with Gasteiger partial charge in [-0.15, -0.1) is 0 Å². The topological polar surface area (TPSA) is 90.9 Å². The maximum absolute atomic E-state index is 12.5. The zero-order chi connectivity index (χ0) is 18.6. The Morgan fingerprint density at radius 2 is 1.44 bits per heavy atom. The molecule has 7 nitrogen and oxygen atoms in total. The highest BCUT2D eigenvalue weighted by Crippen LogP contribution is 2.40. The first kappa shape index (κ1) is 18.6. The van der Waals surface area contributed by atoms with E-state index in [1.807, 2.05) is 0 Å². The number of sulfonamides is 1. The van der Waals surface area contributed by atoms with Gasteiger partial charge in [-0.05, 0) is 19.1 Å². The highest BCUT2D eigenvalue weighted by molar-refractivity contribution is 7.92. The normalized spacial score (nSPS) is 10.9. The van der Waals surface area contributed by atoms with Crippen LogP contribution >= 0.6 is 0 Å². The second-order valence-corrected chi connectivity index (χ2v) is 6.78. The molecule has 0 aromatic heterocycles. The minimum atomic E-state index is -3.84. The number of hydrogen-bond donors (Lipinski definition) is 1. The third-order valence-electron chi connectivity index (χ3n) is 3.49. The van der Waals surface area contributed by atoms with Crippen LogP contribution in [0.1, 0.15) is 17.3 Å². The standard InChI is InChI=1S/C17H19NO6S/c1-11(19)12-5-7-14(8-6-12)25(20,21)18-13-9-15(22-2)17(24-4)16(10-13)23-3/h5-10,18H,1-4H3. The molecule has 0 fully saturated rings. The molecule has 0 spiro atoms. The van der Waals surface area contributed by atoms with Crippen molar-refractivity contribution in [2.45, 2.75) is 11.8 Å². The van der Waals surface area contributed by atoms with E-state index in [4.69, 9.17) is 14.2 Å². The first-order valence-corrected chi connectivity index (χ1v) is 8.74. The summed E-state index contributed by atoms with van der Waals surface area (Å²) in [5, 5.41) is 0. The lowest BCUT2D eigenvalue weighted by atomic mass is 10.2. The van der Waals surface area contributed by atoms with Crippen LogP contribution in [-0.2, 0) is 10.0 Å². The smallest absolute Gasteiger partial charge is 0.261 e. The van der Waals surface area contributed by atoms with Crippen LogP contribution in [0.5, 0.6) is 17.2 Å². The quantitative estimate of drug-likeness (QED) is 0.759. The minimum Gasteiger partial charge on any atom is -0.493 e. The van der Waals surface area contributed by atoms with Gasteiger partial charge in [0.15, 0.2) is 17.3 Å². The summed E-state index contributed by atoms with van der Waals surface area (Å²) in [5.41, 5.74) is 0.692. The van der Waals surface area contributed by atoms with Gasteiger partial charge in [0.05, 0.1) is 31.9 Å². The van der Waals surface area contributed by atoms with Crippen LogP contribution in [0, 0.1) is 0 Å². The largest absolute Gasteiger partial charge is 0.493 e. The van der Waals surface area contributed by atoms with Crippen LogP contribution in [0.4, 0.5) is 5.69 Å². The monoisotopic (exact) mass is 365 g/mol. The molecular formula is C17H19NO6S.